The van der Waals surface area contributed by atoms with Crippen molar-refractivity contribution in [3.05, 3.63) is 40.5 Å². The van der Waals surface area contributed by atoms with Gasteiger partial charge in [-0.1, -0.05) is 6.08 Å². The van der Waals surface area contributed by atoms with Crippen molar-refractivity contribution in [3.63, 3.8) is 0 Å². The second kappa shape index (κ2) is 8.92. The van der Waals surface area contributed by atoms with Crippen LogP contribution in [-0.4, -0.2) is 41.3 Å². The third-order valence-electron chi connectivity index (χ3n) is 3.21. The third-order valence-corrected chi connectivity index (χ3v) is 3.96. The summed E-state index contributed by atoms with van der Waals surface area (Å²) in [6, 6.07) is 1.32. The number of nitro groups is 1. The maximum atomic E-state index is 12.4. The third kappa shape index (κ3) is 4.72. The van der Waals surface area contributed by atoms with Gasteiger partial charge in [0.05, 0.1) is 23.0 Å². The van der Waals surface area contributed by atoms with E-state index >= 15 is 0 Å². The lowest BCUT2D eigenvalue weighted by molar-refractivity contribution is -0.385. The van der Waals surface area contributed by atoms with Crippen LogP contribution >= 0.6 is 11.8 Å². The molecule has 24 heavy (non-hydrogen) atoms. The van der Waals surface area contributed by atoms with E-state index in [-0.39, 0.29) is 17.7 Å². The molecule has 130 valence electrons. The molecule has 1 rings (SSSR count). The molecule has 0 bridgehead atoms. The molecule has 1 aromatic carbocycles. The molecule has 2 N–H and O–H groups in total. The van der Waals surface area contributed by atoms with Crippen molar-refractivity contribution in [2.75, 3.05) is 13.4 Å². The maximum Gasteiger partial charge on any atom is 0.326 e. The van der Waals surface area contributed by atoms with Crippen LogP contribution in [0.2, 0.25) is 0 Å². The van der Waals surface area contributed by atoms with E-state index in [1.54, 1.807) is 6.26 Å². The Balaban J connectivity index is 3.22. The number of carboxylic acid groups (broad SMARTS) is 1. The Kier molecular flexibility index (Phi) is 7.25. The Bertz CT molecular complexity index is 662. The monoisotopic (exact) mass is 354 g/mol. The highest BCUT2D eigenvalue weighted by atomic mass is 32.2. The number of amides is 1. The number of aliphatic carboxylic acids is 1. The summed E-state index contributed by atoms with van der Waals surface area (Å²) in [5.41, 5.74) is -0.662. The number of hydrogen-bond acceptors (Lipinski definition) is 6. The predicted molar refractivity (Wildman–Crippen MR) is 89.8 cm³/mol. The first-order valence-corrected chi connectivity index (χ1v) is 8.13. The number of nitrogens with one attached hydrogen (secondary N) is 1. The van der Waals surface area contributed by atoms with Gasteiger partial charge in [0.1, 0.15) is 17.4 Å². The average molecular weight is 354 g/mol. The number of allylic oxidation sites excluding steroid dienone is 1. The molecule has 8 nitrogen and oxygen atoms in total. The average Bonchev–Trinajstić information content (AvgIpc) is 2.56. The second-order valence-electron chi connectivity index (χ2n) is 4.71. The Labute approximate surface area is 143 Å². The first-order chi connectivity index (χ1) is 11.3. The molecule has 0 aliphatic rings. The summed E-state index contributed by atoms with van der Waals surface area (Å²) in [4.78, 5) is 34.6. The molecule has 0 radical (unpaired) electrons. The largest absolute Gasteiger partial charge is 0.495 e. The molecule has 0 saturated heterocycles. The van der Waals surface area contributed by atoms with Gasteiger partial charge in [0.25, 0.3) is 11.6 Å². The highest BCUT2D eigenvalue weighted by molar-refractivity contribution is 7.98. The van der Waals surface area contributed by atoms with Gasteiger partial charge in [-0.3, -0.25) is 14.9 Å². The van der Waals surface area contributed by atoms with Gasteiger partial charge in [0, 0.05) is 0 Å². The summed E-state index contributed by atoms with van der Waals surface area (Å²) in [6.07, 6.45) is 3.79. The van der Waals surface area contributed by atoms with Crippen LogP contribution in [0.4, 0.5) is 5.69 Å². The van der Waals surface area contributed by atoms with Gasteiger partial charge in [-0.25, -0.2) is 4.79 Å². The second-order valence-corrected chi connectivity index (χ2v) is 5.56. The zero-order valence-corrected chi connectivity index (χ0v) is 14.1. The van der Waals surface area contributed by atoms with Crippen molar-refractivity contribution >= 4 is 29.3 Å². The fourth-order valence-electron chi connectivity index (χ4n) is 1.98. The summed E-state index contributed by atoms with van der Waals surface area (Å²) >= 11 is 1.25. The minimum Gasteiger partial charge on any atom is -0.495 e. The summed E-state index contributed by atoms with van der Waals surface area (Å²) in [5.74, 6) is -1.77. The first kappa shape index (κ1) is 19.5. The topological polar surface area (TPSA) is 119 Å². The van der Waals surface area contributed by atoms with Crippen LogP contribution in [0.25, 0.3) is 0 Å². The SMILES string of the molecule is C=CCCC(NC(=O)c1cc(SC)c(OC)cc1[N+](=O)[O-])C(=O)O. The van der Waals surface area contributed by atoms with E-state index in [0.29, 0.717) is 11.3 Å². The summed E-state index contributed by atoms with van der Waals surface area (Å²) < 4.78 is 5.07. The number of methoxy groups -OCH3 is 1. The molecule has 1 aromatic rings. The van der Waals surface area contributed by atoms with Gasteiger partial charge in [-0.05, 0) is 25.2 Å². The van der Waals surface area contributed by atoms with E-state index in [0.717, 1.165) is 6.07 Å². The Hall–Kier alpha value is -2.55. The Morgan fingerprint density at radius 2 is 2.21 bits per heavy atom. The van der Waals surface area contributed by atoms with E-state index in [1.165, 1.54) is 31.0 Å². The molecule has 0 saturated carbocycles. The smallest absolute Gasteiger partial charge is 0.326 e. The summed E-state index contributed by atoms with van der Waals surface area (Å²) in [7, 11) is 1.37. The van der Waals surface area contributed by atoms with Gasteiger partial charge in [0.15, 0.2) is 0 Å². The normalized spacial score (nSPS) is 11.4. The molecule has 0 aromatic heterocycles. The number of carboxylic acids is 1. The molecular weight excluding hydrogens is 336 g/mol. The van der Waals surface area contributed by atoms with E-state index in [9.17, 15) is 19.7 Å². The highest BCUT2D eigenvalue weighted by Crippen LogP contribution is 2.34. The van der Waals surface area contributed by atoms with Crippen molar-refractivity contribution in [1.29, 1.82) is 0 Å². The van der Waals surface area contributed by atoms with Gasteiger partial charge >= 0.3 is 5.97 Å². The minimum atomic E-state index is -1.22. The lowest BCUT2D eigenvalue weighted by atomic mass is 10.1. The van der Waals surface area contributed by atoms with E-state index in [2.05, 4.69) is 11.9 Å². The number of rotatable bonds is 9. The van der Waals surface area contributed by atoms with Crippen LogP contribution in [-0.2, 0) is 4.79 Å². The van der Waals surface area contributed by atoms with Crippen LogP contribution in [0.15, 0.2) is 29.7 Å². The van der Waals surface area contributed by atoms with Gasteiger partial charge in [-0.2, -0.15) is 0 Å². The van der Waals surface area contributed by atoms with Gasteiger partial charge in [0.2, 0.25) is 0 Å². The van der Waals surface area contributed by atoms with Crippen molar-refractivity contribution in [1.82, 2.24) is 5.32 Å². The van der Waals surface area contributed by atoms with Crippen LogP contribution in [0.5, 0.6) is 5.75 Å². The zero-order chi connectivity index (χ0) is 18.3. The molecule has 0 spiro atoms. The number of hydrogen-bond donors (Lipinski definition) is 2. The maximum absolute atomic E-state index is 12.4. The number of nitrogens with zero attached hydrogens (tertiary/aromatic N) is 1. The van der Waals surface area contributed by atoms with Crippen LogP contribution in [0.1, 0.15) is 23.2 Å². The fraction of sp³-hybridized carbons (Fsp3) is 0.333. The lowest BCUT2D eigenvalue weighted by Crippen LogP contribution is -2.40. The lowest BCUT2D eigenvalue weighted by Gasteiger charge is -2.15. The van der Waals surface area contributed by atoms with Gasteiger partial charge in [-0.15, -0.1) is 18.3 Å². The molecule has 0 heterocycles. The molecule has 0 aliphatic heterocycles. The molecular formula is C15H18N2O6S. The van der Waals surface area contributed by atoms with Crippen molar-refractivity contribution < 1.29 is 24.4 Å². The van der Waals surface area contributed by atoms with Gasteiger partial charge < -0.3 is 15.2 Å². The van der Waals surface area contributed by atoms with Crippen LogP contribution in [0.3, 0.4) is 0 Å². The molecule has 0 aliphatic carbocycles. The van der Waals surface area contributed by atoms with Crippen LogP contribution < -0.4 is 10.1 Å². The first-order valence-electron chi connectivity index (χ1n) is 6.90. The molecule has 1 unspecified atom stereocenters. The predicted octanol–water partition coefficient (Wildman–Crippen LogP) is 2.47. The molecule has 9 heteroatoms. The summed E-state index contributed by atoms with van der Waals surface area (Å²) in [6.45, 7) is 3.50. The zero-order valence-electron chi connectivity index (χ0n) is 13.3. The molecule has 1 amide bonds. The highest BCUT2D eigenvalue weighted by Gasteiger charge is 2.27. The van der Waals surface area contributed by atoms with Crippen molar-refractivity contribution in [2.45, 2.75) is 23.8 Å². The minimum absolute atomic E-state index is 0.143. The van der Waals surface area contributed by atoms with Crippen molar-refractivity contribution in [2.24, 2.45) is 0 Å². The Morgan fingerprint density at radius 1 is 1.54 bits per heavy atom. The number of nitro benzene ring substituents is 1. The number of carbonyl (C=O) groups excluding carboxylic acids is 1. The molecule has 0 fully saturated rings. The van der Waals surface area contributed by atoms with Crippen molar-refractivity contribution in [3.8, 4) is 5.75 Å². The number of benzene rings is 1. The number of thioether (sulfide) groups is 1. The fourth-order valence-corrected chi connectivity index (χ4v) is 2.56. The van der Waals surface area contributed by atoms with E-state index < -0.39 is 28.5 Å². The van der Waals surface area contributed by atoms with Crippen LogP contribution in [0, 0.1) is 10.1 Å². The standard InChI is InChI=1S/C15H18N2O6S/c1-4-5-6-10(15(19)20)16-14(18)9-7-13(24-3)12(23-2)8-11(9)17(21)22/h4,7-8,10H,1,5-6H2,2-3H3,(H,16,18)(H,19,20). The number of carbonyl (C=O) groups is 2. The molecule has 1 atom stereocenters. The Morgan fingerprint density at radius 3 is 2.67 bits per heavy atom. The van der Waals surface area contributed by atoms with E-state index in [1.807, 2.05) is 0 Å². The quantitative estimate of drug-likeness (QED) is 0.302. The summed E-state index contributed by atoms with van der Waals surface area (Å²) in [5, 5.41) is 22.7. The van der Waals surface area contributed by atoms with E-state index in [4.69, 9.17) is 9.84 Å². The number of ether oxygens (including phenoxy) is 1.